The normalized spacial score (nSPS) is 24.0. The summed E-state index contributed by atoms with van der Waals surface area (Å²) in [6.07, 6.45) is 4.19. The van der Waals surface area contributed by atoms with Gasteiger partial charge in [-0.3, -0.25) is 11.3 Å². The minimum absolute atomic E-state index is 0.151. The maximum Gasteiger partial charge on any atom is 0.0890 e. The quantitative estimate of drug-likeness (QED) is 0.535. The van der Waals surface area contributed by atoms with Crippen LogP contribution in [0.3, 0.4) is 0 Å². The molecule has 0 saturated carbocycles. The average molecular weight is 230 g/mol. The molecule has 1 aliphatic heterocycles. The lowest BCUT2D eigenvalue weighted by Crippen LogP contribution is -2.59. The van der Waals surface area contributed by atoms with Gasteiger partial charge in [0.15, 0.2) is 0 Å². The molecule has 0 aliphatic carbocycles. The highest BCUT2D eigenvalue weighted by Crippen LogP contribution is 2.32. The van der Waals surface area contributed by atoms with Gasteiger partial charge >= 0.3 is 0 Å². The van der Waals surface area contributed by atoms with E-state index in [-0.39, 0.29) is 11.6 Å². The summed E-state index contributed by atoms with van der Waals surface area (Å²) in [5.74, 6) is 6.25. The molecule has 0 aromatic carbocycles. The molecule has 1 heterocycles. The van der Waals surface area contributed by atoms with Crippen LogP contribution in [0.2, 0.25) is 0 Å². The smallest absolute Gasteiger partial charge is 0.0890 e. The van der Waals surface area contributed by atoms with E-state index in [9.17, 15) is 0 Å². The predicted octanol–water partition coefficient (Wildman–Crippen LogP) is 1.45. The molecule has 0 bridgehead atoms. The molecule has 0 aromatic rings. The first-order chi connectivity index (χ1) is 7.70. The van der Waals surface area contributed by atoms with E-state index in [0.717, 1.165) is 26.1 Å². The van der Waals surface area contributed by atoms with Crippen LogP contribution in [0.5, 0.6) is 0 Å². The van der Waals surface area contributed by atoms with E-state index in [1.165, 1.54) is 12.8 Å². The number of nitrogens with two attached hydrogens (primary N) is 1. The van der Waals surface area contributed by atoms with Gasteiger partial charge in [-0.2, -0.15) is 0 Å². The third kappa shape index (κ3) is 2.94. The first-order valence-corrected chi connectivity index (χ1v) is 6.29. The van der Waals surface area contributed by atoms with Crippen LogP contribution in [-0.2, 0) is 9.47 Å². The molecule has 1 saturated heterocycles. The Labute approximate surface area is 98.8 Å². The lowest BCUT2D eigenvalue weighted by atomic mass is 9.78. The molecule has 2 unspecified atom stereocenters. The first-order valence-electron chi connectivity index (χ1n) is 6.29. The Hall–Kier alpha value is -0.160. The van der Waals surface area contributed by atoms with Crippen molar-refractivity contribution in [2.24, 2.45) is 11.8 Å². The van der Waals surface area contributed by atoms with Crippen molar-refractivity contribution < 1.29 is 9.47 Å². The van der Waals surface area contributed by atoms with Crippen LogP contribution >= 0.6 is 0 Å². The van der Waals surface area contributed by atoms with Gasteiger partial charge in [0.1, 0.15) is 0 Å². The van der Waals surface area contributed by atoms with Crippen molar-refractivity contribution >= 4 is 0 Å². The number of hydrogen-bond donors (Lipinski definition) is 2. The molecular weight excluding hydrogens is 204 g/mol. The highest BCUT2D eigenvalue weighted by atomic mass is 16.5. The van der Waals surface area contributed by atoms with E-state index in [1.54, 1.807) is 7.11 Å². The minimum Gasteiger partial charge on any atom is -0.381 e. The fraction of sp³-hybridized carbons (Fsp3) is 1.00. The summed E-state index contributed by atoms with van der Waals surface area (Å²) in [5, 5.41) is 0. The zero-order chi connectivity index (χ0) is 12.0. The van der Waals surface area contributed by atoms with E-state index in [1.807, 2.05) is 0 Å². The van der Waals surface area contributed by atoms with Crippen molar-refractivity contribution in [2.45, 2.75) is 51.2 Å². The van der Waals surface area contributed by atoms with Gasteiger partial charge in [-0.1, -0.05) is 20.3 Å². The molecule has 2 atom stereocenters. The van der Waals surface area contributed by atoms with Gasteiger partial charge in [0.05, 0.1) is 11.6 Å². The van der Waals surface area contributed by atoms with E-state index >= 15 is 0 Å². The summed E-state index contributed by atoms with van der Waals surface area (Å²) in [6, 6.07) is 0.210. The summed E-state index contributed by atoms with van der Waals surface area (Å²) in [5.41, 5.74) is 2.82. The third-order valence-corrected chi connectivity index (χ3v) is 3.81. The molecule has 4 nitrogen and oxygen atoms in total. The molecule has 16 heavy (non-hydrogen) atoms. The second kappa shape index (κ2) is 6.55. The Morgan fingerprint density at radius 1 is 1.44 bits per heavy atom. The third-order valence-electron chi connectivity index (χ3n) is 3.81. The Kier molecular flexibility index (Phi) is 5.69. The summed E-state index contributed by atoms with van der Waals surface area (Å²) in [7, 11) is 1.79. The van der Waals surface area contributed by atoms with Crippen molar-refractivity contribution in [3.63, 3.8) is 0 Å². The van der Waals surface area contributed by atoms with Gasteiger partial charge in [-0.15, -0.1) is 0 Å². The van der Waals surface area contributed by atoms with Crippen LogP contribution in [0.15, 0.2) is 0 Å². The summed E-state index contributed by atoms with van der Waals surface area (Å²) in [4.78, 5) is 0. The van der Waals surface area contributed by atoms with E-state index in [4.69, 9.17) is 15.3 Å². The number of rotatable bonds is 6. The minimum atomic E-state index is -0.151. The zero-order valence-electron chi connectivity index (χ0n) is 10.8. The van der Waals surface area contributed by atoms with E-state index in [0.29, 0.717) is 5.92 Å². The maximum absolute atomic E-state index is 5.78. The van der Waals surface area contributed by atoms with Crippen molar-refractivity contribution in [3.8, 4) is 0 Å². The van der Waals surface area contributed by atoms with Gasteiger partial charge in [-0.25, -0.2) is 0 Å². The predicted molar refractivity (Wildman–Crippen MR) is 65.0 cm³/mol. The molecule has 3 N–H and O–H groups in total. The highest BCUT2D eigenvalue weighted by Gasteiger charge is 2.42. The maximum atomic E-state index is 5.78. The summed E-state index contributed by atoms with van der Waals surface area (Å²) >= 11 is 0. The molecule has 1 aliphatic rings. The molecule has 96 valence electrons. The van der Waals surface area contributed by atoms with Crippen LogP contribution in [0.25, 0.3) is 0 Å². The van der Waals surface area contributed by atoms with Crippen LogP contribution in [-0.4, -0.2) is 32.0 Å². The lowest BCUT2D eigenvalue weighted by molar-refractivity contribution is -0.120. The summed E-state index contributed by atoms with van der Waals surface area (Å²) in [6.45, 7) is 5.98. The van der Waals surface area contributed by atoms with Crippen LogP contribution < -0.4 is 11.3 Å². The molecule has 0 spiro atoms. The van der Waals surface area contributed by atoms with Crippen molar-refractivity contribution in [1.29, 1.82) is 0 Å². The van der Waals surface area contributed by atoms with Crippen LogP contribution in [0, 0.1) is 5.92 Å². The molecule has 0 radical (unpaired) electrons. The Balaban J connectivity index is 2.72. The topological polar surface area (TPSA) is 56.5 Å². The van der Waals surface area contributed by atoms with Gasteiger partial charge in [0.2, 0.25) is 0 Å². The second-order valence-corrected chi connectivity index (χ2v) is 4.79. The number of ether oxygens (including phenoxy) is 2. The van der Waals surface area contributed by atoms with Gasteiger partial charge in [0.25, 0.3) is 0 Å². The summed E-state index contributed by atoms with van der Waals surface area (Å²) < 4.78 is 11.2. The SMILES string of the molecule is CCCC(C)C(NN)C1(OC)CCOCC1. The Bertz CT molecular complexity index is 193. The fourth-order valence-electron chi connectivity index (χ4n) is 2.82. The van der Waals surface area contributed by atoms with Gasteiger partial charge in [-0.05, 0) is 12.3 Å². The van der Waals surface area contributed by atoms with Gasteiger partial charge < -0.3 is 9.47 Å². The average Bonchev–Trinajstić information content (AvgIpc) is 2.31. The van der Waals surface area contributed by atoms with Crippen molar-refractivity contribution in [1.82, 2.24) is 5.43 Å². The molecule has 0 amide bonds. The Morgan fingerprint density at radius 3 is 2.50 bits per heavy atom. The zero-order valence-corrected chi connectivity index (χ0v) is 10.8. The Morgan fingerprint density at radius 2 is 2.06 bits per heavy atom. The molecule has 4 heteroatoms. The standard InChI is InChI=1S/C12H26N2O2/c1-4-5-10(2)11(14-13)12(15-3)6-8-16-9-7-12/h10-11,14H,4-9,13H2,1-3H3. The molecule has 1 rings (SSSR count). The van der Waals surface area contributed by atoms with Crippen molar-refractivity contribution in [2.75, 3.05) is 20.3 Å². The fourth-order valence-corrected chi connectivity index (χ4v) is 2.82. The number of hydrogen-bond acceptors (Lipinski definition) is 4. The van der Waals surface area contributed by atoms with Crippen LogP contribution in [0.4, 0.5) is 0 Å². The van der Waals surface area contributed by atoms with Gasteiger partial charge in [0, 0.05) is 33.2 Å². The number of methoxy groups -OCH3 is 1. The largest absolute Gasteiger partial charge is 0.381 e. The number of nitrogens with one attached hydrogen (secondary N) is 1. The highest BCUT2D eigenvalue weighted by molar-refractivity contribution is 4.96. The first kappa shape index (κ1) is 13.9. The van der Waals surface area contributed by atoms with Crippen LogP contribution in [0.1, 0.15) is 39.5 Å². The lowest BCUT2D eigenvalue weighted by Gasteiger charge is -2.44. The van der Waals surface area contributed by atoms with Crippen molar-refractivity contribution in [3.05, 3.63) is 0 Å². The number of hydrazine groups is 1. The molecule has 0 aromatic heterocycles. The van der Waals surface area contributed by atoms with E-state index < -0.39 is 0 Å². The molecular formula is C12H26N2O2. The molecule has 1 fully saturated rings. The van der Waals surface area contributed by atoms with E-state index in [2.05, 4.69) is 19.3 Å². The second-order valence-electron chi connectivity index (χ2n) is 4.79. The monoisotopic (exact) mass is 230 g/mol.